The summed E-state index contributed by atoms with van der Waals surface area (Å²) in [5, 5.41) is 7.72. The van der Waals surface area contributed by atoms with Gasteiger partial charge in [-0.25, -0.2) is 4.68 Å². The van der Waals surface area contributed by atoms with Crippen LogP contribution in [0.25, 0.3) is 5.69 Å². The fraction of sp³-hybridized carbons (Fsp3) is 0.522. The first-order valence-electron chi connectivity index (χ1n) is 10.5. The molecule has 2 amide bonds. The van der Waals surface area contributed by atoms with Crippen molar-refractivity contribution >= 4 is 17.6 Å². The predicted octanol–water partition coefficient (Wildman–Crippen LogP) is 4.15. The summed E-state index contributed by atoms with van der Waals surface area (Å²) in [6.45, 7) is 9.09. The number of amides is 2. The first kappa shape index (κ1) is 21.1. The molecule has 3 rings (SSSR count). The Morgan fingerprint density at radius 2 is 1.90 bits per heavy atom. The zero-order valence-electron chi connectivity index (χ0n) is 17.9. The van der Waals surface area contributed by atoms with Gasteiger partial charge < -0.3 is 10.2 Å². The number of aromatic nitrogens is 2. The van der Waals surface area contributed by atoms with Gasteiger partial charge in [0.2, 0.25) is 11.8 Å². The van der Waals surface area contributed by atoms with E-state index in [9.17, 15) is 9.59 Å². The quantitative estimate of drug-likeness (QED) is 0.729. The fourth-order valence-corrected chi connectivity index (χ4v) is 3.16. The van der Waals surface area contributed by atoms with Crippen molar-refractivity contribution in [2.45, 2.75) is 58.8 Å². The van der Waals surface area contributed by atoms with E-state index in [1.807, 2.05) is 36.4 Å². The van der Waals surface area contributed by atoms with Gasteiger partial charge in [0, 0.05) is 23.9 Å². The fourth-order valence-electron chi connectivity index (χ4n) is 3.16. The second-order valence-corrected chi connectivity index (χ2v) is 8.85. The Morgan fingerprint density at radius 1 is 1.21 bits per heavy atom. The van der Waals surface area contributed by atoms with Crippen LogP contribution in [-0.2, 0) is 15.0 Å². The van der Waals surface area contributed by atoms with Crippen LogP contribution in [0.5, 0.6) is 0 Å². The standard InChI is InChI=1S/C23H32N4O2/c1-5-6-14-26(22(29)17-12-13-17)16-21(28)24-20-15-19(23(2,3)4)25-27(20)18-10-8-7-9-11-18/h7-11,15,17H,5-6,12-14,16H2,1-4H3,(H,24,28). The van der Waals surface area contributed by atoms with Gasteiger partial charge in [0.05, 0.1) is 17.9 Å². The molecule has 1 saturated carbocycles. The Hall–Kier alpha value is -2.63. The molecule has 6 heteroatoms. The zero-order valence-corrected chi connectivity index (χ0v) is 17.9. The van der Waals surface area contributed by atoms with Gasteiger partial charge in [-0.1, -0.05) is 52.3 Å². The monoisotopic (exact) mass is 396 g/mol. The lowest BCUT2D eigenvalue weighted by molar-refractivity contribution is -0.135. The molecule has 1 N–H and O–H groups in total. The lowest BCUT2D eigenvalue weighted by Gasteiger charge is -2.22. The Kier molecular flexibility index (Phi) is 6.40. The van der Waals surface area contributed by atoms with Gasteiger partial charge in [-0.05, 0) is 31.4 Å². The minimum Gasteiger partial charge on any atom is -0.333 e. The van der Waals surface area contributed by atoms with Crippen LogP contribution in [0.2, 0.25) is 0 Å². The number of anilines is 1. The number of nitrogens with one attached hydrogen (secondary N) is 1. The first-order valence-corrected chi connectivity index (χ1v) is 10.5. The van der Waals surface area contributed by atoms with E-state index >= 15 is 0 Å². The summed E-state index contributed by atoms with van der Waals surface area (Å²) in [6.07, 6.45) is 3.78. The van der Waals surface area contributed by atoms with Crippen LogP contribution < -0.4 is 5.32 Å². The molecule has 0 bridgehead atoms. The molecule has 0 radical (unpaired) electrons. The number of unbranched alkanes of at least 4 members (excludes halogenated alkanes) is 1. The number of benzene rings is 1. The molecule has 6 nitrogen and oxygen atoms in total. The highest BCUT2D eigenvalue weighted by atomic mass is 16.2. The Bertz CT molecular complexity index is 848. The van der Waals surface area contributed by atoms with Crippen molar-refractivity contribution in [1.29, 1.82) is 0 Å². The maximum absolute atomic E-state index is 12.8. The van der Waals surface area contributed by atoms with E-state index in [1.165, 1.54) is 0 Å². The average Bonchev–Trinajstić information content (AvgIpc) is 3.44. The second kappa shape index (κ2) is 8.80. The van der Waals surface area contributed by atoms with Gasteiger partial charge in [-0.3, -0.25) is 9.59 Å². The number of carbonyl (C=O) groups excluding carboxylic acids is 2. The van der Waals surface area contributed by atoms with Crippen molar-refractivity contribution in [2.24, 2.45) is 5.92 Å². The summed E-state index contributed by atoms with van der Waals surface area (Å²) in [5.41, 5.74) is 1.64. The molecule has 2 aromatic rings. The van der Waals surface area contributed by atoms with Crippen molar-refractivity contribution in [3.8, 4) is 5.69 Å². The van der Waals surface area contributed by atoms with Crippen molar-refractivity contribution in [2.75, 3.05) is 18.4 Å². The summed E-state index contributed by atoms with van der Waals surface area (Å²) in [5.74, 6) is 0.663. The average molecular weight is 397 g/mol. The van der Waals surface area contributed by atoms with Gasteiger partial charge in [-0.15, -0.1) is 0 Å². The third-order valence-electron chi connectivity index (χ3n) is 5.10. The van der Waals surface area contributed by atoms with E-state index in [0.29, 0.717) is 12.4 Å². The van der Waals surface area contributed by atoms with Crippen molar-refractivity contribution < 1.29 is 9.59 Å². The van der Waals surface area contributed by atoms with Gasteiger partial charge in [-0.2, -0.15) is 5.10 Å². The summed E-state index contributed by atoms with van der Waals surface area (Å²) in [6, 6.07) is 11.7. The lowest BCUT2D eigenvalue weighted by Crippen LogP contribution is -2.39. The molecular weight excluding hydrogens is 364 g/mol. The normalized spacial score (nSPS) is 13.9. The molecule has 1 fully saturated rings. The van der Waals surface area contributed by atoms with E-state index < -0.39 is 0 Å². The highest BCUT2D eigenvalue weighted by Gasteiger charge is 2.34. The lowest BCUT2D eigenvalue weighted by atomic mass is 9.92. The number of carbonyl (C=O) groups is 2. The minimum atomic E-state index is -0.187. The Morgan fingerprint density at radius 3 is 2.48 bits per heavy atom. The SMILES string of the molecule is CCCCN(CC(=O)Nc1cc(C(C)(C)C)nn1-c1ccccc1)C(=O)C1CC1. The first-order chi connectivity index (χ1) is 13.8. The highest BCUT2D eigenvalue weighted by Crippen LogP contribution is 2.31. The smallest absolute Gasteiger partial charge is 0.245 e. The van der Waals surface area contributed by atoms with Crippen LogP contribution in [0.4, 0.5) is 5.82 Å². The molecule has 1 aromatic carbocycles. The summed E-state index contributed by atoms with van der Waals surface area (Å²) in [4.78, 5) is 27.1. The van der Waals surface area contributed by atoms with E-state index in [1.54, 1.807) is 9.58 Å². The number of nitrogens with zero attached hydrogens (tertiary/aromatic N) is 3. The number of para-hydroxylation sites is 1. The maximum atomic E-state index is 12.8. The second-order valence-electron chi connectivity index (χ2n) is 8.85. The van der Waals surface area contributed by atoms with Gasteiger partial charge in [0.25, 0.3) is 0 Å². The van der Waals surface area contributed by atoms with Crippen LogP contribution in [0.3, 0.4) is 0 Å². The molecule has 1 heterocycles. The molecule has 0 aliphatic heterocycles. The molecule has 0 spiro atoms. The topological polar surface area (TPSA) is 67.2 Å². The number of rotatable bonds is 8. The molecule has 29 heavy (non-hydrogen) atoms. The highest BCUT2D eigenvalue weighted by molar-refractivity contribution is 5.94. The van der Waals surface area contributed by atoms with E-state index in [-0.39, 0.29) is 29.7 Å². The van der Waals surface area contributed by atoms with E-state index in [4.69, 9.17) is 5.10 Å². The predicted molar refractivity (Wildman–Crippen MR) is 115 cm³/mol. The molecule has 1 aromatic heterocycles. The van der Waals surface area contributed by atoms with Crippen molar-refractivity contribution in [3.05, 3.63) is 42.1 Å². The van der Waals surface area contributed by atoms with E-state index in [0.717, 1.165) is 37.1 Å². The maximum Gasteiger partial charge on any atom is 0.245 e. The summed E-state index contributed by atoms with van der Waals surface area (Å²) < 4.78 is 1.76. The largest absolute Gasteiger partial charge is 0.333 e. The van der Waals surface area contributed by atoms with Crippen LogP contribution in [-0.4, -0.2) is 39.6 Å². The minimum absolute atomic E-state index is 0.0835. The molecular formula is C23H32N4O2. The summed E-state index contributed by atoms with van der Waals surface area (Å²) in [7, 11) is 0. The number of hydrogen-bond acceptors (Lipinski definition) is 3. The third kappa shape index (κ3) is 5.46. The summed E-state index contributed by atoms with van der Waals surface area (Å²) >= 11 is 0. The molecule has 0 atom stereocenters. The molecule has 1 aliphatic carbocycles. The van der Waals surface area contributed by atoms with Crippen LogP contribution in [0.1, 0.15) is 59.1 Å². The Balaban J connectivity index is 1.79. The van der Waals surface area contributed by atoms with Gasteiger partial charge >= 0.3 is 0 Å². The molecule has 1 aliphatic rings. The van der Waals surface area contributed by atoms with Crippen molar-refractivity contribution in [3.63, 3.8) is 0 Å². The molecule has 0 saturated heterocycles. The molecule has 0 unspecified atom stereocenters. The van der Waals surface area contributed by atoms with Crippen molar-refractivity contribution in [1.82, 2.24) is 14.7 Å². The van der Waals surface area contributed by atoms with Crippen LogP contribution in [0.15, 0.2) is 36.4 Å². The zero-order chi connectivity index (χ0) is 21.0. The number of hydrogen-bond donors (Lipinski definition) is 1. The van der Waals surface area contributed by atoms with E-state index in [2.05, 4.69) is 33.0 Å². The third-order valence-corrected chi connectivity index (χ3v) is 5.10. The van der Waals surface area contributed by atoms with Gasteiger partial charge in [0.1, 0.15) is 5.82 Å². The van der Waals surface area contributed by atoms with Gasteiger partial charge in [0.15, 0.2) is 0 Å². The van der Waals surface area contributed by atoms with Crippen LogP contribution in [0, 0.1) is 5.92 Å². The van der Waals surface area contributed by atoms with Crippen LogP contribution >= 0.6 is 0 Å². The molecule has 156 valence electrons. The Labute approximate surface area is 173 Å².